The molecule has 2 aromatic rings. The Kier molecular flexibility index (Phi) is 4.93. The SMILES string of the molecule is Cc1ccc(CNc2nccc(NCC(C)C)n2)cc1. The average Bonchev–Trinajstić information content (AvgIpc) is 2.45. The van der Waals surface area contributed by atoms with Gasteiger partial charge in [0.05, 0.1) is 0 Å². The van der Waals surface area contributed by atoms with E-state index in [-0.39, 0.29) is 0 Å². The van der Waals surface area contributed by atoms with E-state index in [2.05, 4.69) is 65.6 Å². The molecular formula is C16H22N4. The van der Waals surface area contributed by atoms with Crippen molar-refractivity contribution >= 4 is 11.8 Å². The lowest BCUT2D eigenvalue weighted by Gasteiger charge is -2.10. The van der Waals surface area contributed by atoms with Crippen molar-refractivity contribution < 1.29 is 0 Å². The number of benzene rings is 1. The van der Waals surface area contributed by atoms with Crippen molar-refractivity contribution in [2.45, 2.75) is 27.3 Å². The van der Waals surface area contributed by atoms with Gasteiger partial charge < -0.3 is 10.6 Å². The predicted octanol–water partition coefficient (Wildman–Crippen LogP) is 3.47. The van der Waals surface area contributed by atoms with Gasteiger partial charge >= 0.3 is 0 Å². The summed E-state index contributed by atoms with van der Waals surface area (Å²) in [6.45, 7) is 8.07. The first-order chi connectivity index (χ1) is 9.63. The van der Waals surface area contributed by atoms with Crippen LogP contribution >= 0.6 is 0 Å². The molecule has 0 spiro atoms. The van der Waals surface area contributed by atoms with Gasteiger partial charge in [-0.2, -0.15) is 4.98 Å². The van der Waals surface area contributed by atoms with Crippen molar-refractivity contribution in [3.8, 4) is 0 Å². The van der Waals surface area contributed by atoms with E-state index >= 15 is 0 Å². The van der Waals surface area contributed by atoms with E-state index in [0.29, 0.717) is 11.9 Å². The van der Waals surface area contributed by atoms with Crippen LogP contribution in [0.4, 0.5) is 11.8 Å². The van der Waals surface area contributed by atoms with Crippen LogP contribution in [0.3, 0.4) is 0 Å². The van der Waals surface area contributed by atoms with Crippen LogP contribution < -0.4 is 10.6 Å². The molecule has 0 amide bonds. The second-order valence-electron chi connectivity index (χ2n) is 5.38. The number of aryl methyl sites for hydroxylation is 1. The second kappa shape index (κ2) is 6.89. The van der Waals surface area contributed by atoms with Gasteiger partial charge in [0.1, 0.15) is 5.82 Å². The zero-order chi connectivity index (χ0) is 14.4. The fourth-order valence-electron chi connectivity index (χ4n) is 1.74. The molecule has 0 atom stereocenters. The number of hydrogen-bond acceptors (Lipinski definition) is 4. The third-order valence-electron chi connectivity index (χ3n) is 2.92. The summed E-state index contributed by atoms with van der Waals surface area (Å²) in [6, 6.07) is 10.3. The topological polar surface area (TPSA) is 49.8 Å². The minimum atomic E-state index is 0.592. The maximum atomic E-state index is 4.44. The van der Waals surface area contributed by atoms with Crippen LogP contribution in [-0.4, -0.2) is 16.5 Å². The Morgan fingerprint density at radius 2 is 1.80 bits per heavy atom. The van der Waals surface area contributed by atoms with Crippen molar-refractivity contribution in [3.05, 3.63) is 47.7 Å². The highest BCUT2D eigenvalue weighted by Gasteiger charge is 2.00. The third-order valence-corrected chi connectivity index (χ3v) is 2.92. The fraction of sp³-hybridized carbons (Fsp3) is 0.375. The number of anilines is 2. The summed E-state index contributed by atoms with van der Waals surface area (Å²) in [5, 5.41) is 6.55. The molecule has 1 aromatic carbocycles. The molecule has 4 nitrogen and oxygen atoms in total. The van der Waals surface area contributed by atoms with Gasteiger partial charge in [-0.25, -0.2) is 4.98 Å². The van der Waals surface area contributed by atoms with Crippen molar-refractivity contribution in [1.82, 2.24) is 9.97 Å². The van der Waals surface area contributed by atoms with E-state index < -0.39 is 0 Å². The zero-order valence-corrected chi connectivity index (χ0v) is 12.4. The highest BCUT2D eigenvalue weighted by atomic mass is 15.1. The molecule has 0 aliphatic carbocycles. The first kappa shape index (κ1) is 14.3. The van der Waals surface area contributed by atoms with E-state index in [1.807, 2.05) is 6.07 Å². The molecule has 0 bridgehead atoms. The average molecular weight is 270 g/mol. The van der Waals surface area contributed by atoms with Crippen LogP contribution in [-0.2, 0) is 6.54 Å². The molecule has 0 unspecified atom stereocenters. The van der Waals surface area contributed by atoms with E-state index in [1.165, 1.54) is 11.1 Å². The van der Waals surface area contributed by atoms with Crippen molar-refractivity contribution in [3.63, 3.8) is 0 Å². The van der Waals surface area contributed by atoms with Gasteiger partial charge in [-0.05, 0) is 24.5 Å². The maximum Gasteiger partial charge on any atom is 0.224 e. The zero-order valence-electron chi connectivity index (χ0n) is 12.4. The molecule has 2 N–H and O–H groups in total. The quantitative estimate of drug-likeness (QED) is 0.844. The summed E-state index contributed by atoms with van der Waals surface area (Å²) >= 11 is 0. The summed E-state index contributed by atoms with van der Waals surface area (Å²) in [7, 11) is 0. The van der Waals surface area contributed by atoms with E-state index in [0.717, 1.165) is 18.9 Å². The molecule has 0 radical (unpaired) electrons. The normalized spacial score (nSPS) is 10.6. The Balaban J connectivity index is 1.92. The number of nitrogens with one attached hydrogen (secondary N) is 2. The summed E-state index contributed by atoms with van der Waals surface area (Å²) < 4.78 is 0. The van der Waals surface area contributed by atoms with Gasteiger partial charge in [0.15, 0.2) is 0 Å². The van der Waals surface area contributed by atoms with E-state index in [9.17, 15) is 0 Å². The smallest absolute Gasteiger partial charge is 0.224 e. The highest BCUT2D eigenvalue weighted by Crippen LogP contribution is 2.09. The van der Waals surface area contributed by atoms with Crippen molar-refractivity contribution in [2.75, 3.05) is 17.2 Å². The minimum absolute atomic E-state index is 0.592. The van der Waals surface area contributed by atoms with Crippen LogP contribution in [0.25, 0.3) is 0 Å². The standard InChI is InChI=1S/C16H22N4/c1-12(2)10-18-15-8-9-17-16(20-15)19-11-14-6-4-13(3)5-7-14/h4-9,12H,10-11H2,1-3H3,(H2,17,18,19,20). The Labute approximate surface area is 120 Å². The third kappa shape index (κ3) is 4.53. The molecule has 106 valence electrons. The molecule has 0 fully saturated rings. The summed E-state index contributed by atoms with van der Waals surface area (Å²) in [5.74, 6) is 2.10. The molecule has 20 heavy (non-hydrogen) atoms. The minimum Gasteiger partial charge on any atom is -0.370 e. The largest absolute Gasteiger partial charge is 0.370 e. The molecule has 2 rings (SSSR count). The molecule has 1 aromatic heterocycles. The van der Waals surface area contributed by atoms with Gasteiger partial charge in [0, 0.05) is 19.3 Å². The molecule has 4 heteroatoms. The monoisotopic (exact) mass is 270 g/mol. The summed E-state index contributed by atoms with van der Waals surface area (Å²) in [4.78, 5) is 8.68. The Morgan fingerprint density at radius 1 is 1.05 bits per heavy atom. The lowest BCUT2D eigenvalue weighted by molar-refractivity contribution is 0.687. The van der Waals surface area contributed by atoms with Crippen molar-refractivity contribution in [1.29, 1.82) is 0 Å². The van der Waals surface area contributed by atoms with E-state index in [1.54, 1.807) is 6.20 Å². The van der Waals surface area contributed by atoms with Crippen LogP contribution in [0.5, 0.6) is 0 Å². The first-order valence-electron chi connectivity index (χ1n) is 7.00. The van der Waals surface area contributed by atoms with Crippen LogP contribution in [0.15, 0.2) is 36.5 Å². The fourth-order valence-corrected chi connectivity index (χ4v) is 1.74. The highest BCUT2D eigenvalue weighted by molar-refractivity contribution is 5.40. The number of aromatic nitrogens is 2. The number of hydrogen-bond donors (Lipinski definition) is 2. The molecule has 0 aliphatic rings. The van der Waals surface area contributed by atoms with Crippen LogP contribution in [0, 0.1) is 12.8 Å². The summed E-state index contributed by atoms with van der Waals surface area (Å²) in [6.07, 6.45) is 1.77. The molecular weight excluding hydrogens is 248 g/mol. The molecule has 0 saturated carbocycles. The van der Waals surface area contributed by atoms with Crippen LogP contribution in [0.2, 0.25) is 0 Å². The number of rotatable bonds is 6. The Morgan fingerprint density at radius 3 is 2.50 bits per heavy atom. The van der Waals surface area contributed by atoms with Crippen LogP contribution in [0.1, 0.15) is 25.0 Å². The lowest BCUT2D eigenvalue weighted by Crippen LogP contribution is -2.11. The van der Waals surface area contributed by atoms with Gasteiger partial charge in [0.25, 0.3) is 0 Å². The van der Waals surface area contributed by atoms with E-state index in [4.69, 9.17) is 0 Å². The van der Waals surface area contributed by atoms with Gasteiger partial charge in [-0.3, -0.25) is 0 Å². The Bertz CT molecular complexity index is 534. The number of nitrogens with zero attached hydrogens (tertiary/aromatic N) is 2. The first-order valence-corrected chi connectivity index (χ1v) is 7.00. The van der Waals surface area contributed by atoms with Crippen molar-refractivity contribution in [2.24, 2.45) is 5.92 Å². The predicted molar refractivity (Wildman–Crippen MR) is 83.9 cm³/mol. The summed E-state index contributed by atoms with van der Waals surface area (Å²) in [5.41, 5.74) is 2.49. The van der Waals surface area contributed by atoms with Gasteiger partial charge in [-0.15, -0.1) is 0 Å². The second-order valence-corrected chi connectivity index (χ2v) is 5.38. The molecule has 0 aliphatic heterocycles. The van der Waals surface area contributed by atoms with Gasteiger partial charge in [0.2, 0.25) is 5.95 Å². The Hall–Kier alpha value is -2.10. The molecule has 0 saturated heterocycles. The lowest BCUT2D eigenvalue weighted by atomic mass is 10.1. The van der Waals surface area contributed by atoms with Gasteiger partial charge in [-0.1, -0.05) is 43.7 Å². The molecule has 1 heterocycles. The maximum absolute atomic E-state index is 4.44.